The van der Waals surface area contributed by atoms with Crippen LogP contribution in [0.4, 0.5) is 5.82 Å². The predicted octanol–water partition coefficient (Wildman–Crippen LogP) is 1.49. The van der Waals surface area contributed by atoms with Crippen molar-refractivity contribution in [3.8, 4) is 0 Å². The van der Waals surface area contributed by atoms with Gasteiger partial charge in [-0.1, -0.05) is 0 Å². The average Bonchev–Trinajstić information content (AvgIpc) is 2.70. The van der Waals surface area contributed by atoms with Gasteiger partial charge in [-0.3, -0.25) is 4.79 Å². The molecular weight excluding hydrogens is 240 g/mol. The summed E-state index contributed by atoms with van der Waals surface area (Å²) >= 11 is 0. The number of nitrogen functional groups attached to an aromatic ring is 1. The second-order valence-electron chi connectivity index (χ2n) is 6.87. The van der Waals surface area contributed by atoms with Crippen molar-refractivity contribution in [1.29, 1.82) is 0 Å². The van der Waals surface area contributed by atoms with E-state index in [1.54, 1.807) is 6.07 Å². The van der Waals surface area contributed by atoms with Gasteiger partial charge < -0.3 is 11.5 Å². The van der Waals surface area contributed by atoms with E-state index in [1.165, 1.54) is 38.5 Å². The van der Waals surface area contributed by atoms with Crippen molar-refractivity contribution in [1.82, 2.24) is 9.78 Å². The van der Waals surface area contributed by atoms with Crippen molar-refractivity contribution in [2.24, 2.45) is 23.5 Å². The highest BCUT2D eigenvalue weighted by Gasteiger charge is 2.53. The van der Waals surface area contributed by atoms with Gasteiger partial charge in [-0.15, -0.1) is 0 Å². The minimum Gasteiger partial charge on any atom is -0.384 e. The molecular formula is C14H20N4O. The lowest BCUT2D eigenvalue weighted by Gasteiger charge is -2.56. The average molecular weight is 260 g/mol. The van der Waals surface area contributed by atoms with Crippen LogP contribution in [0, 0.1) is 17.8 Å². The molecule has 1 aromatic heterocycles. The molecule has 0 radical (unpaired) electrons. The maximum absolute atomic E-state index is 11.3. The summed E-state index contributed by atoms with van der Waals surface area (Å²) in [5, 5.41) is 4.42. The van der Waals surface area contributed by atoms with Crippen LogP contribution < -0.4 is 11.5 Å². The fourth-order valence-electron chi connectivity index (χ4n) is 5.22. The molecule has 4 bridgehead atoms. The Morgan fingerprint density at radius 3 is 2.16 bits per heavy atom. The van der Waals surface area contributed by atoms with Gasteiger partial charge in [0.15, 0.2) is 5.69 Å². The van der Waals surface area contributed by atoms with Crippen LogP contribution in [0.2, 0.25) is 0 Å². The first-order valence-corrected chi connectivity index (χ1v) is 7.21. The summed E-state index contributed by atoms with van der Waals surface area (Å²) in [6.07, 6.45) is 7.64. The maximum Gasteiger partial charge on any atom is 0.269 e. The molecule has 4 aliphatic carbocycles. The fourth-order valence-corrected chi connectivity index (χ4v) is 5.22. The van der Waals surface area contributed by atoms with E-state index in [2.05, 4.69) is 5.10 Å². The first-order valence-electron chi connectivity index (χ1n) is 7.21. The van der Waals surface area contributed by atoms with Gasteiger partial charge in [0.25, 0.3) is 5.91 Å². The Morgan fingerprint density at radius 1 is 1.21 bits per heavy atom. The smallest absolute Gasteiger partial charge is 0.269 e. The monoisotopic (exact) mass is 260 g/mol. The highest BCUT2D eigenvalue weighted by Crippen LogP contribution is 2.59. The molecule has 4 saturated carbocycles. The number of primary amides is 1. The third kappa shape index (κ3) is 1.53. The summed E-state index contributed by atoms with van der Waals surface area (Å²) < 4.78 is 1.93. The predicted molar refractivity (Wildman–Crippen MR) is 71.3 cm³/mol. The Balaban J connectivity index is 1.77. The summed E-state index contributed by atoms with van der Waals surface area (Å²) in [5.41, 5.74) is 11.8. The first kappa shape index (κ1) is 11.3. The lowest BCUT2D eigenvalue weighted by molar-refractivity contribution is -0.0482. The van der Waals surface area contributed by atoms with E-state index >= 15 is 0 Å². The van der Waals surface area contributed by atoms with Gasteiger partial charge in [0, 0.05) is 6.07 Å². The van der Waals surface area contributed by atoms with Gasteiger partial charge in [0.05, 0.1) is 5.54 Å². The summed E-state index contributed by atoms with van der Waals surface area (Å²) in [6, 6.07) is 1.63. The molecule has 4 fully saturated rings. The highest BCUT2D eigenvalue weighted by atomic mass is 16.1. The van der Waals surface area contributed by atoms with Crippen molar-refractivity contribution in [2.45, 2.75) is 44.1 Å². The molecule has 0 aliphatic heterocycles. The molecule has 5 nitrogen and oxygen atoms in total. The van der Waals surface area contributed by atoms with Gasteiger partial charge in [-0.05, 0) is 56.3 Å². The standard InChI is InChI=1S/C14H20N4O/c15-12-4-11(13(16)19)17-18(12)14-5-8-1-9(6-14)3-10(2-8)7-14/h4,8-10H,1-3,5-7,15H2,(H2,16,19). The molecule has 1 heterocycles. The third-order valence-electron chi connectivity index (χ3n) is 5.44. The number of nitrogens with two attached hydrogens (primary N) is 2. The van der Waals surface area contributed by atoms with Gasteiger partial charge >= 0.3 is 0 Å². The van der Waals surface area contributed by atoms with Gasteiger partial charge in [0.1, 0.15) is 5.82 Å². The van der Waals surface area contributed by atoms with E-state index in [9.17, 15) is 4.79 Å². The number of nitrogens with zero attached hydrogens (tertiary/aromatic N) is 2. The zero-order valence-electron chi connectivity index (χ0n) is 11.0. The van der Waals surface area contributed by atoms with Crippen LogP contribution in [0.15, 0.2) is 6.07 Å². The fraction of sp³-hybridized carbons (Fsp3) is 0.714. The number of hydrogen-bond acceptors (Lipinski definition) is 3. The quantitative estimate of drug-likeness (QED) is 0.844. The van der Waals surface area contributed by atoms with Crippen molar-refractivity contribution >= 4 is 11.7 Å². The lowest BCUT2D eigenvalue weighted by Crippen LogP contribution is -2.52. The maximum atomic E-state index is 11.3. The zero-order chi connectivity index (χ0) is 13.2. The van der Waals surface area contributed by atoms with Crippen LogP contribution in [-0.4, -0.2) is 15.7 Å². The number of hydrogen-bond donors (Lipinski definition) is 2. The Morgan fingerprint density at radius 2 is 1.74 bits per heavy atom. The normalized spacial score (nSPS) is 39.7. The van der Waals surface area contributed by atoms with Crippen LogP contribution in [0.25, 0.3) is 0 Å². The molecule has 0 saturated heterocycles. The molecule has 5 heteroatoms. The molecule has 0 aromatic carbocycles. The van der Waals surface area contributed by atoms with Gasteiger partial charge in [0.2, 0.25) is 0 Å². The lowest BCUT2D eigenvalue weighted by atomic mass is 9.53. The van der Waals surface area contributed by atoms with Crippen molar-refractivity contribution < 1.29 is 4.79 Å². The largest absolute Gasteiger partial charge is 0.384 e. The minimum absolute atomic E-state index is 0.0620. The molecule has 0 spiro atoms. The van der Waals surface area contributed by atoms with E-state index in [-0.39, 0.29) is 5.54 Å². The van der Waals surface area contributed by atoms with Crippen molar-refractivity contribution in [3.05, 3.63) is 11.8 Å². The summed E-state index contributed by atoms with van der Waals surface area (Å²) in [7, 11) is 0. The SMILES string of the molecule is NC(=O)c1cc(N)n(C23CC4CC(CC(C4)C2)C3)n1. The Kier molecular flexibility index (Phi) is 2.10. The number of rotatable bonds is 2. The molecule has 0 atom stereocenters. The Hall–Kier alpha value is -1.52. The van der Waals surface area contributed by atoms with Crippen LogP contribution in [0.5, 0.6) is 0 Å². The van der Waals surface area contributed by atoms with Crippen LogP contribution >= 0.6 is 0 Å². The summed E-state index contributed by atoms with van der Waals surface area (Å²) in [4.78, 5) is 11.3. The Labute approximate surface area is 112 Å². The number of amides is 1. The zero-order valence-corrected chi connectivity index (χ0v) is 11.0. The Bertz CT molecular complexity index is 512. The van der Waals surface area contributed by atoms with E-state index < -0.39 is 5.91 Å². The number of carbonyl (C=O) groups excluding carboxylic acids is 1. The second kappa shape index (κ2) is 3.52. The molecule has 1 amide bonds. The molecule has 102 valence electrons. The van der Waals surface area contributed by atoms with Crippen LogP contribution in [0.3, 0.4) is 0 Å². The van der Waals surface area contributed by atoms with Crippen LogP contribution in [0.1, 0.15) is 49.0 Å². The van der Waals surface area contributed by atoms with E-state index in [4.69, 9.17) is 11.5 Å². The summed E-state index contributed by atoms with van der Waals surface area (Å²) in [6.45, 7) is 0. The van der Waals surface area contributed by atoms with E-state index in [1.807, 2.05) is 4.68 Å². The molecule has 4 aliphatic rings. The van der Waals surface area contributed by atoms with E-state index in [0.29, 0.717) is 11.5 Å². The molecule has 19 heavy (non-hydrogen) atoms. The summed E-state index contributed by atoms with van der Waals surface area (Å²) in [5.74, 6) is 2.58. The molecule has 1 aromatic rings. The first-order chi connectivity index (χ1) is 9.06. The third-order valence-corrected chi connectivity index (χ3v) is 5.44. The number of carbonyl (C=O) groups is 1. The van der Waals surface area contributed by atoms with Crippen molar-refractivity contribution in [2.75, 3.05) is 5.73 Å². The van der Waals surface area contributed by atoms with Crippen LogP contribution in [-0.2, 0) is 5.54 Å². The second-order valence-corrected chi connectivity index (χ2v) is 6.87. The topological polar surface area (TPSA) is 86.9 Å². The molecule has 0 unspecified atom stereocenters. The number of anilines is 1. The molecule has 4 N–H and O–H groups in total. The van der Waals surface area contributed by atoms with Gasteiger partial charge in [-0.25, -0.2) is 4.68 Å². The van der Waals surface area contributed by atoms with Crippen molar-refractivity contribution in [3.63, 3.8) is 0 Å². The van der Waals surface area contributed by atoms with Gasteiger partial charge in [-0.2, -0.15) is 5.10 Å². The minimum atomic E-state index is -0.491. The highest BCUT2D eigenvalue weighted by molar-refractivity contribution is 5.91. The number of aromatic nitrogens is 2. The van der Waals surface area contributed by atoms with E-state index in [0.717, 1.165) is 17.8 Å². The molecule has 5 rings (SSSR count).